The minimum atomic E-state index is -0.568. The maximum absolute atomic E-state index is 11.6. The maximum atomic E-state index is 11.6. The summed E-state index contributed by atoms with van der Waals surface area (Å²) in [5.74, 6) is -0.387. The van der Waals surface area contributed by atoms with Crippen LogP contribution < -0.4 is 10.6 Å². The zero-order chi connectivity index (χ0) is 15.0. The highest BCUT2D eigenvalue weighted by molar-refractivity contribution is 8.23. The number of carbonyl (C=O) groups excluding carboxylic acids is 2. The molecule has 0 aliphatic rings. The van der Waals surface area contributed by atoms with E-state index >= 15 is 0 Å². The molecule has 1 aromatic carbocycles. The highest BCUT2D eigenvalue weighted by Crippen LogP contribution is 2.08. The quantitative estimate of drug-likeness (QED) is 0.837. The number of carbonyl (C=O) groups is 2. The third kappa shape index (κ3) is 6.53. The maximum Gasteiger partial charge on any atom is 0.325 e. The number of amides is 3. The Morgan fingerprint density at radius 1 is 1.30 bits per heavy atom. The first-order chi connectivity index (χ1) is 9.51. The van der Waals surface area contributed by atoms with Gasteiger partial charge in [0.1, 0.15) is 0 Å². The van der Waals surface area contributed by atoms with Gasteiger partial charge in [0.05, 0.1) is 12.4 Å². The summed E-state index contributed by atoms with van der Waals surface area (Å²) in [6.07, 6.45) is 0. The van der Waals surface area contributed by atoms with Gasteiger partial charge in [-0.3, -0.25) is 10.1 Å². The lowest BCUT2D eigenvalue weighted by molar-refractivity contribution is -0.117. The number of thioether (sulfide) groups is 1. The Labute approximate surface area is 127 Å². The zero-order valence-electron chi connectivity index (χ0n) is 11.3. The minimum absolute atomic E-state index is 0.0418. The molecule has 0 bridgehead atoms. The molecule has 0 aromatic heterocycles. The van der Waals surface area contributed by atoms with Crippen LogP contribution in [-0.2, 0) is 9.53 Å². The molecule has 0 fully saturated rings. The van der Waals surface area contributed by atoms with Crippen molar-refractivity contribution < 1.29 is 14.3 Å². The first-order valence-corrected chi connectivity index (χ1v) is 7.37. The Kier molecular flexibility index (Phi) is 7.03. The van der Waals surface area contributed by atoms with Crippen molar-refractivity contribution in [2.24, 2.45) is 0 Å². The fourth-order valence-electron chi connectivity index (χ4n) is 1.25. The first-order valence-electron chi connectivity index (χ1n) is 5.98. The molecule has 1 rings (SSSR count). The van der Waals surface area contributed by atoms with Gasteiger partial charge in [0.2, 0.25) is 10.3 Å². The van der Waals surface area contributed by atoms with E-state index in [-0.39, 0.29) is 5.75 Å². The molecule has 5 nitrogen and oxygen atoms in total. The lowest BCUT2D eigenvalue weighted by atomic mass is 10.2. The number of rotatable bonds is 4. The van der Waals surface area contributed by atoms with Crippen molar-refractivity contribution in [1.82, 2.24) is 5.32 Å². The molecule has 2 N–H and O–H groups in total. The van der Waals surface area contributed by atoms with Crippen LogP contribution in [0.3, 0.4) is 0 Å². The van der Waals surface area contributed by atoms with Gasteiger partial charge >= 0.3 is 6.03 Å². The lowest BCUT2D eigenvalue weighted by Crippen LogP contribution is -2.35. The molecule has 0 aliphatic carbocycles. The molecule has 0 unspecified atom stereocenters. The minimum Gasteiger partial charge on any atom is -0.479 e. The number of nitrogens with one attached hydrogen (secondary N) is 2. The standard InChI is InChI=1S/C13H16N2O3S2/c1-3-18-13(19)20-8-11(16)15-12(17)14-10-6-4-9(2)5-7-10/h4-7H,3,8H2,1-2H3,(H2,14,15,16,17). The fraction of sp³-hybridized carbons (Fsp3) is 0.308. The summed E-state index contributed by atoms with van der Waals surface area (Å²) in [5.41, 5.74) is 1.71. The van der Waals surface area contributed by atoms with Gasteiger partial charge in [-0.1, -0.05) is 29.5 Å². The van der Waals surface area contributed by atoms with Crippen LogP contribution in [0.4, 0.5) is 10.5 Å². The fourth-order valence-corrected chi connectivity index (χ4v) is 2.06. The number of hydrogen-bond acceptors (Lipinski definition) is 5. The second-order valence-corrected chi connectivity index (χ2v) is 5.42. The molecule has 0 heterocycles. The largest absolute Gasteiger partial charge is 0.479 e. The summed E-state index contributed by atoms with van der Waals surface area (Å²) < 4.78 is 5.31. The monoisotopic (exact) mass is 312 g/mol. The van der Waals surface area contributed by atoms with Crippen LogP contribution in [-0.4, -0.2) is 28.7 Å². The van der Waals surface area contributed by atoms with Crippen LogP contribution in [0, 0.1) is 6.92 Å². The normalized spacial score (nSPS) is 9.70. The summed E-state index contributed by atoms with van der Waals surface area (Å²) in [7, 11) is 0. The summed E-state index contributed by atoms with van der Waals surface area (Å²) in [4.78, 5) is 23.1. The van der Waals surface area contributed by atoms with Crippen molar-refractivity contribution in [2.45, 2.75) is 13.8 Å². The molecule has 7 heteroatoms. The van der Waals surface area contributed by atoms with Gasteiger partial charge in [-0.15, -0.1) is 0 Å². The molecule has 0 aliphatic heterocycles. The molecule has 0 saturated carbocycles. The average Bonchev–Trinajstić information content (AvgIpc) is 2.39. The summed E-state index contributed by atoms with van der Waals surface area (Å²) in [6, 6.07) is 6.69. The van der Waals surface area contributed by atoms with Crippen LogP contribution in [0.5, 0.6) is 0 Å². The van der Waals surface area contributed by atoms with E-state index in [1.807, 2.05) is 26.0 Å². The van der Waals surface area contributed by atoms with E-state index in [0.29, 0.717) is 16.7 Å². The van der Waals surface area contributed by atoms with Crippen molar-refractivity contribution >= 4 is 46.0 Å². The molecule has 0 spiro atoms. The number of ether oxygens (including phenoxy) is 1. The Bertz CT molecular complexity index is 489. The van der Waals surface area contributed by atoms with Crippen LogP contribution in [0.2, 0.25) is 0 Å². The number of hydrogen-bond donors (Lipinski definition) is 2. The van der Waals surface area contributed by atoms with Gasteiger partial charge < -0.3 is 10.1 Å². The van der Waals surface area contributed by atoms with E-state index in [1.165, 1.54) is 0 Å². The molecule has 0 radical (unpaired) electrons. The van der Waals surface area contributed by atoms with Crippen LogP contribution in [0.25, 0.3) is 0 Å². The highest BCUT2D eigenvalue weighted by Gasteiger charge is 2.09. The Morgan fingerprint density at radius 3 is 2.55 bits per heavy atom. The zero-order valence-corrected chi connectivity index (χ0v) is 12.9. The van der Waals surface area contributed by atoms with Gasteiger partial charge in [-0.2, -0.15) is 0 Å². The molecule has 1 aromatic rings. The van der Waals surface area contributed by atoms with E-state index in [0.717, 1.165) is 17.3 Å². The Hall–Kier alpha value is -1.60. The third-order valence-corrected chi connectivity index (χ3v) is 3.38. The van der Waals surface area contributed by atoms with E-state index in [9.17, 15) is 9.59 Å². The highest BCUT2D eigenvalue weighted by atomic mass is 32.2. The van der Waals surface area contributed by atoms with Crippen molar-refractivity contribution in [3.63, 3.8) is 0 Å². The topological polar surface area (TPSA) is 67.4 Å². The summed E-state index contributed by atoms with van der Waals surface area (Å²) in [5, 5.41) is 4.78. The van der Waals surface area contributed by atoms with Crippen molar-refractivity contribution in [2.75, 3.05) is 17.7 Å². The SMILES string of the molecule is CCOC(=S)SCC(=O)NC(=O)Nc1ccc(C)cc1. The van der Waals surface area contributed by atoms with Crippen molar-refractivity contribution in [1.29, 1.82) is 0 Å². The van der Waals surface area contributed by atoms with Crippen LogP contribution in [0.15, 0.2) is 24.3 Å². The van der Waals surface area contributed by atoms with Crippen molar-refractivity contribution in [3.8, 4) is 0 Å². The van der Waals surface area contributed by atoms with Gasteiger partial charge in [0.15, 0.2) is 0 Å². The Morgan fingerprint density at radius 2 is 1.95 bits per heavy atom. The van der Waals surface area contributed by atoms with Crippen LogP contribution in [0.1, 0.15) is 12.5 Å². The lowest BCUT2D eigenvalue weighted by Gasteiger charge is -2.07. The molecule has 0 saturated heterocycles. The number of imide groups is 1. The first kappa shape index (κ1) is 16.5. The molecule has 108 valence electrons. The van der Waals surface area contributed by atoms with Gasteiger partial charge in [0.25, 0.3) is 0 Å². The molecular formula is C13H16N2O3S2. The second-order valence-electron chi connectivity index (χ2n) is 3.84. The smallest absolute Gasteiger partial charge is 0.325 e. The number of urea groups is 1. The van der Waals surface area contributed by atoms with E-state index in [4.69, 9.17) is 17.0 Å². The summed E-state index contributed by atoms with van der Waals surface area (Å²) >= 11 is 5.94. The number of benzene rings is 1. The predicted molar refractivity (Wildman–Crippen MR) is 85.0 cm³/mol. The molecule has 20 heavy (non-hydrogen) atoms. The predicted octanol–water partition coefficient (Wildman–Crippen LogP) is 2.70. The van der Waals surface area contributed by atoms with E-state index in [1.54, 1.807) is 12.1 Å². The van der Waals surface area contributed by atoms with Gasteiger partial charge in [-0.05, 0) is 38.2 Å². The van der Waals surface area contributed by atoms with Gasteiger partial charge in [0, 0.05) is 5.69 Å². The van der Waals surface area contributed by atoms with Crippen LogP contribution >= 0.6 is 24.0 Å². The number of aryl methyl sites for hydroxylation is 1. The second kappa shape index (κ2) is 8.55. The molecule has 3 amide bonds. The average molecular weight is 312 g/mol. The van der Waals surface area contributed by atoms with Gasteiger partial charge in [-0.25, -0.2) is 4.79 Å². The molecule has 0 atom stereocenters. The third-order valence-electron chi connectivity index (χ3n) is 2.15. The summed E-state index contributed by atoms with van der Waals surface area (Å²) in [6.45, 7) is 4.22. The Balaban J connectivity index is 2.33. The van der Waals surface area contributed by atoms with E-state index < -0.39 is 11.9 Å². The van der Waals surface area contributed by atoms with E-state index in [2.05, 4.69) is 10.6 Å². The number of thiocarbonyl (C=S) groups is 1. The van der Waals surface area contributed by atoms with Crippen molar-refractivity contribution in [3.05, 3.63) is 29.8 Å². The molecular weight excluding hydrogens is 296 g/mol. The number of anilines is 1.